The van der Waals surface area contributed by atoms with Crippen LogP contribution in [0.15, 0.2) is 24.3 Å². The second-order valence-electron chi connectivity index (χ2n) is 5.79. The molecular weight excluding hydrogens is 306 g/mol. The molecule has 1 aromatic rings. The molecule has 0 radical (unpaired) electrons. The van der Waals surface area contributed by atoms with E-state index < -0.39 is 17.6 Å². The third-order valence-corrected chi connectivity index (χ3v) is 3.88. The molecule has 120 valence electrons. The fourth-order valence-electron chi connectivity index (χ4n) is 2.34. The average Bonchev–Trinajstić information content (AvgIpc) is 2.96. The highest BCUT2D eigenvalue weighted by atomic mass is 35.5. The van der Waals surface area contributed by atoms with Crippen molar-refractivity contribution in [2.45, 2.75) is 37.9 Å². The molecule has 1 fully saturated rings. The van der Waals surface area contributed by atoms with Gasteiger partial charge in [-0.1, -0.05) is 23.7 Å². The molecule has 22 heavy (non-hydrogen) atoms. The zero-order chi connectivity index (χ0) is 16.3. The molecule has 1 aliphatic rings. The van der Waals surface area contributed by atoms with Crippen molar-refractivity contribution in [1.29, 1.82) is 0 Å². The zero-order valence-electron chi connectivity index (χ0n) is 12.8. The topological polar surface area (TPSA) is 79.5 Å². The van der Waals surface area contributed by atoms with Crippen LogP contribution in [0.4, 0.5) is 0 Å². The van der Waals surface area contributed by atoms with E-state index in [1.54, 1.807) is 13.8 Å². The molecule has 2 rings (SSSR count). The molecule has 1 saturated heterocycles. The van der Waals surface area contributed by atoms with Gasteiger partial charge in [0.1, 0.15) is 11.6 Å². The molecule has 1 amide bonds. The number of methoxy groups -OCH3 is 1. The Labute approximate surface area is 134 Å². The van der Waals surface area contributed by atoms with Crippen molar-refractivity contribution in [3.63, 3.8) is 0 Å². The van der Waals surface area contributed by atoms with E-state index in [-0.39, 0.29) is 11.9 Å². The van der Waals surface area contributed by atoms with Crippen LogP contribution in [0, 0.1) is 0 Å². The summed E-state index contributed by atoms with van der Waals surface area (Å²) in [6.45, 7) is 3.21. The second kappa shape index (κ2) is 6.64. The van der Waals surface area contributed by atoms with Crippen molar-refractivity contribution in [1.82, 2.24) is 16.2 Å². The zero-order valence-corrected chi connectivity index (χ0v) is 13.5. The number of hydrogen-bond donors (Lipinski definition) is 3. The van der Waals surface area contributed by atoms with Gasteiger partial charge in [-0.3, -0.25) is 4.79 Å². The van der Waals surface area contributed by atoms with Crippen LogP contribution in [0.25, 0.3) is 0 Å². The summed E-state index contributed by atoms with van der Waals surface area (Å²) in [6, 6.07) is 7.04. The minimum Gasteiger partial charge on any atom is -0.467 e. The van der Waals surface area contributed by atoms with Crippen molar-refractivity contribution in [2.24, 2.45) is 0 Å². The minimum absolute atomic E-state index is 0.00857. The number of amides is 1. The Bertz CT molecular complexity index is 560. The van der Waals surface area contributed by atoms with Gasteiger partial charge < -0.3 is 10.1 Å². The Balaban J connectivity index is 1.96. The maximum Gasteiger partial charge on any atom is 0.330 e. The number of ether oxygens (including phenoxy) is 1. The van der Waals surface area contributed by atoms with Crippen LogP contribution in [0.2, 0.25) is 5.02 Å². The molecule has 7 heteroatoms. The lowest BCUT2D eigenvalue weighted by molar-refractivity contribution is -0.149. The minimum atomic E-state index is -1.06. The fraction of sp³-hybridized carbons (Fsp3) is 0.467. The number of carbonyl (C=O) groups is 2. The summed E-state index contributed by atoms with van der Waals surface area (Å²) in [4.78, 5) is 23.9. The largest absolute Gasteiger partial charge is 0.467 e. The summed E-state index contributed by atoms with van der Waals surface area (Å²) < 4.78 is 4.68. The van der Waals surface area contributed by atoms with Crippen molar-refractivity contribution < 1.29 is 14.3 Å². The summed E-state index contributed by atoms with van der Waals surface area (Å²) in [6.07, 6.45) is 0.574. The maximum absolute atomic E-state index is 12.3. The first-order valence-corrected chi connectivity index (χ1v) is 7.38. The molecule has 0 aliphatic carbocycles. The summed E-state index contributed by atoms with van der Waals surface area (Å²) in [7, 11) is 1.29. The first-order chi connectivity index (χ1) is 10.3. The lowest BCUT2D eigenvalue weighted by atomic mass is 10.0. The Morgan fingerprint density at radius 2 is 1.91 bits per heavy atom. The first-order valence-electron chi connectivity index (χ1n) is 7.00. The van der Waals surface area contributed by atoms with Crippen molar-refractivity contribution in [3.8, 4) is 0 Å². The fourth-order valence-corrected chi connectivity index (χ4v) is 2.47. The van der Waals surface area contributed by atoms with Crippen LogP contribution >= 0.6 is 11.6 Å². The number of hydrogen-bond acceptors (Lipinski definition) is 5. The molecular formula is C15H20ClN3O3. The van der Waals surface area contributed by atoms with E-state index in [2.05, 4.69) is 20.9 Å². The molecule has 1 aromatic carbocycles. The van der Waals surface area contributed by atoms with Crippen molar-refractivity contribution in [3.05, 3.63) is 34.9 Å². The highest BCUT2D eigenvalue weighted by molar-refractivity contribution is 6.30. The van der Waals surface area contributed by atoms with Gasteiger partial charge in [0.25, 0.3) is 0 Å². The Hall–Kier alpha value is -1.63. The van der Waals surface area contributed by atoms with Gasteiger partial charge in [0, 0.05) is 11.1 Å². The molecule has 0 bridgehead atoms. The van der Waals surface area contributed by atoms with Crippen LogP contribution in [0.5, 0.6) is 0 Å². The van der Waals surface area contributed by atoms with E-state index in [1.165, 1.54) is 7.11 Å². The van der Waals surface area contributed by atoms with E-state index in [0.29, 0.717) is 11.4 Å². The summed E-state index contributed by atoms with van der Waals surface area (Å²) in [5.41, 5.74) is 6.01. The van der Waals surface area contributed by atoms with Crippen LogP contribution in [0.1, 0.15) is 31.9 Å². The van der Waals surface area contributed by atoms with Crippen LogP contribution in [-0.4, -0.2) is 30.6 Å². The van der Waals surface area contributed by atoms with Gasteiger partial charge in [-0.2, -0.15) is 0 Å². The SMILES string of the molecule is COC(=O)C(C)(C)NC(=O)C1CC(c2ccc(Cl)cc2)NN1. The lowest BCUT2D eigenvalue weighted by Gasteiger charge is -2.24. The maximum atomic E-state index is 12.3. The van der Waals surface area contributed by atoms with Crippen molar-refractivity contribution in [2.75, 3.05) is 7.11 Å². The molecule has 3 N–H and O–H groups in total. The molecule has 2 unspecified atom stereocenters. The number of benzene rings is 1. The predicted octanol–water partition coefficient (Wildman–Crippen LogP) is 1.32. The van der Waals surface area contributed by atoms with E-state index >= 15 is 0 Å². The standard InChI is InChI=1S/C15H20ClN3O3/c1-15(2,14(21)22-3)17-13(20)12-8-11(18-19-12)9-4-6-10(16)7-5-9/h4-7,11-12,18-19H,8H2,1-3H3,(H,17,20). The highest BCUT2D eigenvalue weighted by Crippen LogP contribution is 2.24. The summed E-state index contributed by atoms with van der Waals surface area (Å²) in [5.74, 6) is -0.736. The Kier molecular flexibility index (Phi) is 5.05. The number of halogens is 1. The Morgan fingerprint density at radius 1 is 1.27 bits per heavy atom. The van der Waals surface area contributed by atoms with Gasteiger partial charge >= 0.3 is 5.97 Å². The average molecular weight is 326 g/mol. The smallest absolute Gasteiger partial charge is 0.330 e. The first kappa shape index (κ1) is 16.7. The second-order valence-corrected chi connectivity index (χ2v) is 6.22. The molecule has 2 atom stereocenters. The van der Waals surface area contributed by atoms with E-state index in [1.807, 2.05) is 24.3 Å². The lowest BCUT2D eigenvalue weighted by Crippen LogP contribution is -2.55. The van der Waals surface area contributed by atoms with Crippen LogP contribution < -0.4 is 16.2 Å². The Morgan fingerprint density at radius 3 is 2.50 bits per heavy atom. The monoisotopic (exact) mass is 325 g/mol. The summed E-state index contributed by atoms with van der Waals surface area (Å²) in [5, 5.41) is 3.36. The third kappa shape index (κ3) is 3.76. The van der Waals surface area contributed by atoms with Gasteiger partial charge in [0.15, 0.2) is 0 Å². The van der Waals surface area contributed by atoms with Gasteiger partial charge in [-0.25, -0.2) is 15.6 Å². The molecule has 0 aromatic heterocycles. The third-order valence-electron chi connectivity index (χ3n) is 3.62. The number of rotatable bonds is 4. The van der Waals surface area contributed by atoms with Gasteiger partial charge in [-0.05, 0) is 38.0 Å². The van der Waals surface area contributed by atoms with Gasteiger partial charge in [0.05, 0.1) is 7.11 Å². The summed E-state index contributed by atoms with van der Waals surface area (Å²) >= 11 is 5.87. The molecule has 0 spiro atoms. The molecule has 1 aliphatic heterocycles. The quantitative estimate of drug-likeness (QED) is 0.728. The number of carbonyl (C=O) groups excluding carboxylic acids is 2. The van der Waals surface area contributed by atoms with Crippen LogP contribution in [0.3, 0.4) is 0 Å². The number of hydrazine groups is 1. The van der Waals surface area contributed by atoms with Crippen LogP contribution in [-0.2, 0) is 14.3 Å². The van der Waals surface area contributed by atoms with Gasteiger partial charge in [-0.15, -0.1) is 0 Å². The number of esters is 1. The normalized spacial score (nSPS) is 21.5. The highest BCUT2D eigenvalue weighted by Gasteiger charge is 2.36. The molecule has 6 nitrogen and oxygen atoms in total. The van der Waals surface area contributed by atoms with E-state index in [9.17, 15) is 9.59 Å². The van der Waals surface area contributed by atoms with Gasteiger partial charge in [0.2, 0.25) is 5.91 Å². The predicted molar refractivity (Wildman–Crippen MR) is 83.1 cm³/mol. The number of nitrogens with one attached hydrogen (secondary N) is 3. The molecule has 0 saturated carbocycles. The van der Waals surface area contributed by atoms with E-state index in [0.717, 1.165) is 5.56 Å². The molecule has 1 heterocycles. The van der Waals surface area contributed by atoms with Crippen molar-refractivity contribution >= 4 is 23.5 Å². The van der Waals surface area contributed by atoms with E-state index in [4.69, 9.17) is 11.6 Å².